The fourth-order valence-electron chi connectivity index (χ4n) is 3.61. The smallest absolute Gasteiger partial charge is 0.337 e. The number of amides is 2. The maximum atomic E-state index is 12.4. The van der Waals surface area contributed by atoms with Gasteiger partial charge in [-0.1, -0.05) is 6.42 Å². The summed E-state index contributed by atoms with van der Waals surface area (Å²) in [4.78, 5) is 37.8. The van der Waals surface area contributed by atoms with E-state index in [0.717, 1.165) is 19.3 Å². The van der Waals surface area contributed by atoms with Crippen molar-refractivity contribution in [3.63, 3.8) is 0 Å². The molecule has 2 amide bonds. The highest BCUT2D eigenvalue weighted by molar-refractivity contribution is 5.94. The number of ether oxygens (including phenoxy) is 1. The molecule has 2 heterocycles. The number of rotatable bonds is 4. The van der Waals surface area contributed by atoms with Crippen LogP contribution in [0, 0.1) is 0 Å². The lowest BCUT2D eigenvalue weighted by atomic mass is 9.94. The van der Waals surface area contributed by atoms with E-state index >= 15 is 0 Å². The number of nitrogens with zero attached hydrogens (tertiary/aromatic N) is 1. The summed E-state index contributed by atoms with van der Waals surface area (Å²) >= 11 is 0. The SMILES string of the molecule is COC(=O)c1ccc(NC(=O)CN2C3CCCC2CC(=O)NC3)cc1. The minimum atomic E-state index is -0.410. The Kier molecular flexibility index (Phi) is 5.33. The lowest BCUT2D eigenvalue weighted by Gasteiger charge is -2.39. The van der Waals surface area contributed by atoms with Crippen LogP contribution in [0.4, 0.5) is 5.69 Å². The van der Waals surface area contributed by atoms with Gasteiger partial charge in [0.1, 0.15) is 0 Å². The van der Waals surface area contributed by atoms with Gasteiger partial charge in [0.25, 0.3) is 0 Å². The molecule has 25 heavy (non-hydrogen) atoms. The molecule has 0 aliphatic carbocycles. The van der Waals surface area contributed by atoms with Gasteiger partial charge in [-0.3, -0.25) is 14.5 Å². The molecule has 2 aliphatic rings. The number of nitrogens with one attached hydrogen (secondary N) is 2. The molecule has 0 aromatic heterocycles. The molecule has 0 saturated carbocycles. The number of methoxy groups -OCH3 is 1. The molecule has 2 aliphatic heterocycles. The van der Waals surface area contributed by atoms with Crippen molar-refractivity contribution in [2.75, 3.05) is 25.5 Å². The molecule has 0 radical (unpaired) electrons. The first kappa shape index (κ1) is 17.4. The van der Waals surface area contributed by atoms with Gasteiger partial charge < -0.3 is 15.4 Å². The summed E-state index contributed by atoms with van der Waals surface area (Å²) in [5, 5.41) is 5.79. The van der Waals surface area contributed by atoms with Crippen LogP contribution in [0.3, 0.4) is 0 Å². The van der Waals surface area contributed by atoms with Gasteiger partial charge in [0, 0.05) is 30.7 Å². The Balaban J connectivity index is 1.61. The van der Waals surface area contributed by atoms with Gasteiger partial charge in [-0.2, -0.15) is 0 Å². The van der Waals surface area contributed by atoms with Gasteiger partial charge in [-0.05, 0) is 37.1 Å². The van der Waals surface area contributed by atoms with Crippen molar-refractivity contribution < 1.29 is 19.1 Å². The third-order valence-electron chi connectivity index (χ3n) is 4.88. The number of anilines is 1. The van der Waals surface area contributed by atoms with E-state index in [2.05, 4.69) is 20.3 Å². The van der Waals surface area contributed by atoms with Crippen molar-refractivity contribution >= 4 is 23.5 Å². The van der Waals surface area contributed by atoms with E-state index in [1.165, 1.54) is 7.11 Å². The molecule has 0 spiro atoms. The van der Waals surface area contributed by atoms with Gasteiger partial charge >= 0.3 is 5.97 Å². The van der Waals surface area contributed by atoms with Crippen LogP contribution in [0.5, 0.6) is 0 Å². The highest BCUT2D eigenvalue weighted by Crippen LogP contribution is 2.26. The minimum Gasteiger partial charge on any atom is -0.465 e. The first-order valence-electron chi connectivity index (χ1n) is 8.57. The maximum Gasteiger partial charge on any atom is 0.337 e. The molecular formula is C18H23N3O4. The normalized spacial score (nSPS) is 23.3. The van der Waals surface area contributed by atoms with Crippen molar-refractivity contribution in [1.29, 1.82) is 0 Å². The molecular weight excluding hydrogens is 322 g/mol. The van der Waals surface area contributed by atoms with Gasteiger partial charge in [0.05, 0.1) is 19.2 Å². The molecule has 7 nitrogen and oxygen atoms in total. The van der Waals surface area contributed by atoms with Gasteiger partial charge in [-0.25, -0.2) is 4.79 Å². The van der Waals surface area contributed by atoms with Crippen LogP contribution in [-0.2, 0) is 14.3 Å². The number of esters is 1. The Morgan fingerprint density at radius 3 is 2.68 bits per heavy atom. The zero-order valence-electron chi connectivity index (χ0n) is 14.3. The molecule has 2 bridgehead atoms. The second-order valence-electron chi connectivity index (χ2n) is 6.54. The van der Waals surface area contributed by atoms with Crippen LogP contribution in [0.25, 0.3) is 0 Å². The van der Waals surface area contributed by atoms with Crippen molar-refractivity contribution in [3.05, 3.63) is 29.8 Å². The summed E-state index contributed by atoms with van der Waals surface area (Å²) in [5.41, 5.74) is 1.07. The summed E-state index contributed by atoms with van der Waals surface area (Å²) in [6, 6.07) is 6.94. The molecule has 1 aromatic rings. The Labute approximate surface area is 146 Å². The van der Waals surface area contributed by atoms with E-state index in [1.54, 1.807) is 24.3 Å². The number of carbonyl (C=O) groups is 3. The summed E-state index contributed by atoms with van der Waals surface area (Å²) in [6.45, 7) is 0.874. The average molecular weight is 345 g/mol. The molecule has 3 rings (SSSR count). The molecule has 2 unspecified atom stereocenters. The summed E-state index contributed by atoms with van der Waals surface area (Å²) in [6.07, 6.45) is 3.50. The van der Waals surface area contributed by atoms with Crippen LogP contribution in [-0.4, -0.2) is 55.0 Å². The van der Waals surface area contributed by atoms with E-state index in [1.807, 2.05) is 0 Å². The van der Waals surface area contributed by atoms with Gasteiger partial charge in [-0.15, -0.1) is 0 Å². The Morgan fingerprint density at radius 1 is 1.24 bits per heavy atom. The van der Waals surface area contributed by atoms with Crippen molar-refractivity contribution in [1.82, 2.24) is 10.2 Å². The van der Waals surface area contributed by atoms with Crippen molar-refractivity contribution in [2.45, 2.75) is 37.8 Å². The van der Waals surface area contributed by atoms with Gasteiger partial charge in [0.2, 0.25) is 11.8 Å². The molecule has 134 valence electrons. The average Bonchev–Trinajstić information content (AvgIpc) is 2.69. The Hall–Kier alpha value is -2.41. The second-order valence-corrected chi connectivity index (χ2v) is 6.54. The maximum absolute atomic E-state index is 12.4. The third-order valence-corrected chi connectivity index (χ3v) is 4.88. The first-order chi connectivity index (χ1) is 12.1. The number of benzene rings is 1. The first-order valence-corrected chi connectivity index (χ1v) is 8.57. The van der Waals surface area contributed by atoms with E-state index in [4.69, 9.17) is 0 Å². The number of hydrogen-bond acceptors (Lipinski definition) is 5. The van der Waals surface area contributed by atoms with E-state index in [9.17, 15) is 14.4 Å². The number of fused-ring (bicyclic) bond motifs is 2. The third kappa shape index (κ3) is 4.17. The number of piperidine rings is 1. The second kappa shape index (κ2) is 7.65. The predicted molar refractivity (Wildman–Crippen MR) is 92.2 cm³/mol. The molecule has 7 heteroatoms. The van der Waals surface area contributed by atoms with E-state index in [0.29, 0.717) is 24.2 Å². The summed E-state index contributed by atoms with van der Waals surface area (Å²) in [5.74, 6) is -0.456. The highest BCUT2D eigenvalue weighted by Gasteiger charge is 2.35. The molecule has 2 fully saturated rings. The Bertz CT molecular complexity index is 659. The standard InChI is InChI=1S/C18H23N3O4/c1-25-18(24)12-5-7-13(8-6-12)20-17(23)11-21-14-3-2-4-15(21)10-19-16(22)9-14/h5-8,14-15H,2-4,9-11H2,1H3,(H,19,22)(H,20,23). The lowest BCUT2D eigenvalue weighted by molar-refractivity contribution is -0.122. The summed E-state index contributed by atoms with van der Waals surface area (Å²) in [7, 11) is 1.33. The minimum absolute atomic E-state index is 0.0678. The monoisotopic (exact) mass is 345 g/mol. The lowest BCUT2D eigenvalue weighted by Crippen LogP contribution is -2.50. The van der Waals surface area contributed by atoms with Crippen LogP contribution >= 0.6 is 0 Å². The molecule has 1 aromatic carbocycles. The van der Waals surface area contributed by atoms with E-state index in [-0.39, 0.29) is 30.4 Å². The molecule has 2 atom stereocenters. The predicted octanol–water partition coefficient (Wildman–Crippen LogP) is 1.15. The number of carbonyl (C=O) groups excluding carboxylic acids is 3. The highest BCUT2D eigenvalue weighted by atomic mass is 16.5. The topological polar surface area (TPSA) is 87.7 Å². The zero-order chi connectivity index (χ0) is 17.8. The molecule has 2 saturated heterocycles. The van der Waals surface area contributed by atoms with Crippen LogP contribution in [0.2, 0.25) is 0 Å². The van der Waals surface area contributed by atoms with Crippen LogP contribution < -0.4 is 10.6 Å². The zero-order valence-corrected chi connectivity index (χ0v) is 14.3. The van der Waals surface area contributed by atoms with Crippen molar-refractivity contribution in [2.24, 2.45) is 0 Å². The number of hydrogen-bond donors (Lipinski definition) is 2. The largest absolute Gasteiger partial charge is 0.465 e. The summed E-state index contributed by atoms with van der Waals surface area (Å²) < 4.78 is 4.65. The van der Waals surface area contributed by atoms with Gasteiger partial charge in [0.15, 0.2) is 0 Å². The Morgan fingerprint density at radius 2 is 1.96 bits per heavy atom. The fraction of sp³-hybridized carbons (Fsp3) is 0.500. The van der Waals surface area contributed by atoms with Crippen LogP contribution in [0.1, 0.15) is 36.0 Å². The van der Waals surface area contributed by atoms with E-state index < -0.39 is 5.97 Å². The quantitative estimate of drug-likeness (QED) is 0.800. The van der Waals surface area contributed by atoms with Crippen LogP contribution in [0.15, 0.2) is 24.3 Å². The fourth-order valence-corrected chi connectivity index (χ4v) is 3.61. The van der Waals surface area contributed by atoms with Crippen molar-refractivity contribution in [3.8, 4) is 0 Å². The molecule has 2 N–H and O–H groups in total.